The fourth-order valence-electron chi connectivity index (χ4n) is 2.96. The summed E-state index contributed by atoms with van der Waals surface area (Å²) >= 11 is 0. The molecule has 1 aliphatic rings. The first kappa shape index (κ1) is 13.6. The van der Waals surface area contributed by atoms with Crippen molar-refractivity contribution in [3.05, 3.63) is 66.5 Å². The number of nitrogens with one attached hydrogen (secondary N) is 2. The summed E-state index contributed by atoms with van der Waals surface area (Å²) in [5.74, 6) is 1.37. The number of aryl methyl sites for hydroxylation is 1. The second kappa shape index (κ2) is 4.98. The first-order chi connectivity index (χ1) is 11.1. The van der Waals surface area contributed by atoms with Crippen molar-refractivity contribution in [2.24, 2.45) is 7.05 Å². The Kier molecular flexibility index (Phi) is 2.94. The molecule has 4 rings (SSSR count). The van der Waals surface area contributed by atoms with Gasteiger partial charge in [-0.2, -0.15) is 0 Å². The molecule has 1 unspecified atom stereocenters. The number of hydrogen-bond donors (Lipinski definition) is 2. The summed E-state index contributed by atoms with van der Waals surface area (Å²) in [5.41, 5.74) is 4.00. The van der Waals surface area contributed by atoms with Crippen LogP contribution < -0.4 is 10.6 Å². The second-order valence-electron chi connectivity index (χ2n) is 5.65. The lowest BCUT2D eigenvalue weighted by Gasteiger charge is -2.09. The molecule has 1 saturated heterocycles. The van der Waals surface area contributed by atoms with Gasteiger partial charge in [0.2, 0.25) is 0 Å². The molecular weight excluding hydrogens is 288 g/mol. The summed E-state index contributed by atoms with van der Waals surface area (Å²) in [6, 6.07) is 15.6. The highest BCUT2D eigenvalue weighted by Crippen LogP contribution is 2.26. The zero-order valence-electron chi connectivity index (χ0n) is 12.7. The molecule has 5 heteroatoms. The molecule has 2 heterocycles. The van der Waals surface area contributed by atoms with Crippen molar-refractivity contribution in [2.75, 3.05) is 0 Å². The van der Waals surface area contributed by atoms with Crippen LogP contribution in [0, 0.1) is 0 Å². The summed E-state index contributed by atoms with van der Waals surface area (Å²) in [6.45, 7) is 3.72. The van der Waals surface area contributed by atoms with Gasteiger partial charge in [0.05, 0.1) is 16.9 Å². The zero-order valence-corrected chi connectivity index (χ0v) is 12.7. The standard InChI is InChI=1S/C18H16N4O/c1-11-19-16(18(23)20-11)12-7-9-13(10-8-12)17-21-14-5-3-4-6-15(14)22(17)2/h3-10,16,19H,1H2,2H3,(H,20,23). The van der Waals surface area contributed by atoms with Crippen molar-refractivity contribution >= 4 is 16.9 Å². The van der Waals surface area contributed by atoms with Crippen LogP contribution in [0.3, 0.4) is 0 Å². The van der Waals surface area contributed by atoms with E-state index in [1.165, 1.54) is 0 Å². The largest absolute Gasteiger partial charge is 0.357 e. The van der Waals surface area contributed by atoms with Crippen LogP contribution in [0.25, 0.3) is 22.4 Å². The van der Waals surface area contributed by atoms with Crippen LogP contribution in [-0.4, -0.2) is 15.5 Å². The molecule has 2 N–H and O–H groups in total. The third-order valence-corrected chi connectivity index (χ3v) is 4.14. The fourth-order valence-corrected chi connectivity index (χ4v) is 2.96. The number of rotatable bonds is 2. The Morgan fingerprint density at radius 1 is 1.13 bits per heavy atom. The van der Waals surface area contributed by atoms with E-state index in [2.05, 4.69) is 27.8 Å². The fraction of sp³-hybridized carbons (Fsp3) is 0.111. The van der Waals surface area contributed by atoms with Gasteiger partial charge in [-0.25, -0.2) is 4.98 Å². The molecule has 0 spiro atoms. The van der Waals surface area contributed by atoms with Gasteiger partial charge in [-0.05, 0) is 17.7 Å². The Bertz CT molecular complexity index is 924. The number of aromatic nitrogens is 2. The summed E-state index contributed by atoms with van der Waals surface area (Å²) < 4.78 is 2.08. The number of carbonyl (C=O) groups is 1. The van der Waals surface area contributed by atoms with Crippen LogP contribution in [-0.2, 0) is 11.8 Å². The highest BCUT2D eigenvalue weighted by molar-refractivity contribution is 5.87. The molecule has 1 atom stereocenters. The number of hydrogen-bond acceptors (Lipinski definition) is 3. The minimum absolute atomic E-state index is 0.0783. The van der Waals surface area contributed by atoms with E-state index in [1.54, 1.807) is 0 Å². The van der Waals surface area contributed by atoms with Gasteiger partial charge >= 0.3 is 0 Å². The van der Waals surface area contributed by atoms with Crippen molar-refractivity contribution < 1.29 is 4.79 Å². The van der Waals surface area contributed by atoms with Gasteiger partial charge in [-0.3, -0.25) is 4.79 Å². The Labute approximate surface area is 133 Å². The minimum Gasteiger partial charge on any atom is -0.357 e. The van der Waals surface area contributed by atoms with Gasteiger partial charge < -0.3 is 15.2 Å². The monoisotopic (exact) mass is 304 g/mol. The van der Waals surface area contributed by atoms with Crippen molar-refractivity contribution in [2.45, 2.75) is 6.04 Å². The van der Waals surface area contributed by atoms with Crippen molar-refractivity contribution in [3.63, 3.8) is 0 Å². The average Bonchev–Trinajstić information content (AvgIpc) is 3.08. The lowest BCUT2D eigenvalue weighted by molar-refractivity contribution is -0.120. The van der Waals surface area contributed by atoms with Gasteiger partial charge in [-0.15, -0.1) is 0 Å². The Hall–Kier alpha value is -3.08. The van der Waals surface area contributed by atoms with E-state index in [0.29, 0.717) is 5.82 Å². The summed E-state index contributed by atoms with van der Waals surface area (Å²) in [6.07, 6.45) is 0. The predicted molar refractivity (Wildman–Crippen MR) is 89.3 cm³/mol. The number of nitrogens with zero attached hydrogens (tertiary/aromatic N) is 2. The lowest BCUT2D eigenvalue weighted by Crippen LogP contribution is -2.19. The van der Waals surface area contributed by atoms with Crippen LogP contribution in [0.2, 0.25) is 0 Å². The number of para-hydroxylation sites is 2. The van der Waals surface area contributed by atoms with Crippen LogP contribution >= 0.6 is 0 Å². The zero-order chi connectivity index (χ0) is 16.0. The molecule has 114 valence electrons. The second-order valence-corrected chi connectivity index (χ2v) is 5.65. The number of amides is 1. The molecule has 1 aliphatic heterocycles. The first-order valence-electron chi connectivity index (χ1n) is 7.41. The molecule has 0 aliphatic carbocycles. The van der Waals surface area contributed by atoms with Crippen LogP contribution in [0.15, 0.2) is 60.9 Å². The molecule has 2 aromatic carbocycles. The predicted octanol–water partition coefficient (Wildman–Crippen LogP) is 2.47. The maximum atomic E-state index is 11.9. The van der Waals surface area contributed by atoms with Crippen LogP contribution in [0.5, 0.6) is 0 Å². The molecular formula is C18H16N4O. The van der Waals surface area contributed by atoms with E-state index < -0.39 is 0 Å². The Balaban J connectivity index is 1.71. The smallest absolute Gasteiger partial charge is 0.252 e. The van der Waals surface area contributed by atoms with Gasteiger partial charge in [-0.1, -0.05) is 43.0 Å². The summed E-state index contributed by atoms with van der Waals surface area (Å²) in [4.78, 5) is 16.6. The summed E-state index contributed by atoms with van der Waals surface area (Å²) in [7, 11) is 2.01. The van der Waals surface area contributed by atoms with E-state index in [4.69, 9.17) is 4.98 Å². The molecule has 0 saturated carbocycles. The van der Waals surface area contributed by atoms with E-state index in [0.717, 1.165) is 28.0 Å². The molecule has 5 nitrogen and oxygen atoms in total. The topological polar surface area (TPSA) is 59.0 Å². The van der Waals surface area contributed by atoms with Gasteiger partial charge in [0, 0.05) is 12.6 Å². The van der Waals surface area contributed by atoms with Gasteiger partial charge in [0.15, 0.2) is 0 Å². The van der Waals surface area contributed by atoms with E-state index >= 15 is 0 Å². The summed E-state index contributed by atoms with van der Waals surface area (Å²) in [5, 5.41) is 5.71. The molecule has 23 heavy (non-hydrogen) atoms. The van der Waals surface area contributed by atoms with Crippen LogP contribution in [0.4, 0.5) is 0 Å². The quantitative estimate of drug-likeness (QED) is 0.764. The van der Waals surface area contributed by atoms with Crippen LogP contribution in [0.1, 0.15) is 11.6 Å². The van der Waals surface area contributed by atoms with E-state index in [1.807, 2.05) is 49.5 Å². The molecule has 1 fully saturated rings. The third kappa shape index (κ3) is 2.17. The van der Waals surface area contributed by atoms with E-state index in [9.17, 15) is 4.79 Å². The van der Waals surface area contributed by atoms with Gasteiger partial charge in [0.25, 0.3) is 5.91 Å². The lowest BCUT2D eigenvalue weighted by atomic mass is 10.0. The SMILES string of the molecule is C=C1NC(=O)C(c2ccc(-c3nc4ccccc4n3C)cc2)N1. The maximum absolute atomic E-state index is 11.9. The van der Waals surface area contributed by atoms with Gasteiger partial charge in [0.1, 0.15) is 11.9 Å². The highest BCUT2D eigenvalue weighted by Gasteiger charge is 2.27. The molecule has 1 amide bonds. The van der Waals surface area contributed by atoms with Crippen molar-refractivity contribution in [1.82, 2.24) is 20.2 Å². The number of benzene rings is 2. The number of imidazole rings is 1. The Morgan fingerprint density at radius 3 is 2.52 bits per heavy atom. The highest BCUT2D eigenvalue weighted by atomic mass is 16.2. The molecule has 3 aromatic rings. The first-order valence-corrected chi connectivity index (χ1v) is 7.41. The number of carbonyl (C=O) groups excluding carboxylic acids is 1. The number of fused-ring (bicyclic) bond motifs is 1. The molecule has 0 bridgehead atoms. The molecule has 1 aromatic heterocycles. The van der Waals surface area contributed by atoms with Crippen molar-refractivity contribution in [3.8, 4) is 11.4 Å². The normalized spacial score (nSPS) is 17.3. The van der Waals surface area contributed by atoms with E-state index in [-0.39, 0.29) is 11.9 Å². The minimum atomic E-state index is -0.378. The van der Waals surface area contributed by atoms with Crippen molar-refractivity contribution in [1.29, 1.82) is 0 Å². The molecule has 0 radical (unpaired) electrons. The maximum Gasteiger partial charge on any atom is 0.252 e. The Morgan fingerprint density at radius 2 is 1.87 bits per heavy atom. The third-order valence-electron chi connectivity index (χ3n) is 4.14. The average molecular weight is 304 g/mol.